The number of hydrogen-bond acceptors (Lipinski definition) is 7. The fourth-order valence-electron chi connectivity index (χ4n) is 5.02. The molecule has 192 valence electrons. The zero-order chi connectivity index (χ0) is 25.1. The summed E-state index contributed by atoms with van der Waals surface area (Å²) in [5.74, 6) is 1.60. The maximum Gasteiger partial charge on any atom is 0.319 e. The summed E-state index contributed by atoms with van der Waals surface area (Å²) in [5.41, 5.74) is 3.54. The number of rotatable bonds is 5. The average molecular weight is 495 g/mol. The molecule has 2 atom stereocenters. The highest BCUT2D eigenvalue weighted by molar-refractivity contribution is 5.89. The lowest BCUT2D eigenvalue weighted by Crippen LogP contribution is -2.46. The number of anilines is 2. The summed E-state index contributed by atoms with van der Waals surface area (Å²) >= 11 is 0. The van der Waals surface area contributed by atoms with E-state index < -0.39 is 0 Å². The summed E-state index contributed by atoms with van der Waals surface area (Å²) in [6.45, 7) is 8.38. The van der Waals surface area contributed by atoms with Gasteiger partial charge in [-0.05, 0) is 57.4 Å². The molecule has 0 radical (unpaired) electrons. The molecule has 1 aromatic heterocycles. The van der Waals surface area contributed by atoms with Crippen molar-refractivity contribution in [3.63, 3.8) is 0 Å². The molecule has 2 saturated heterocycles. The van der Waals surface area contributed by atoms with Crippen molar-refractivity contribution in [3.05, 3.63) is 35.5 Å². The minimum absolute atomic E-state index is 0.0559. The molecule has 1 aromatic carbocycles. The van der Waals surface area contributed by atoms with Gasteiger partial charge in [0.25, 0.3) is 5.91 Å². The molecular formula is C26H34N6O4. The Labute approximate surface area is 211 Å². The van der Waals surface area contributed by atoms with Gasteiger partial charge in [0.2, 0.25) is 0 Å². The number of benzene rings is 1. The zero-order valence-corrected chi connectivity index (χ0v) is 21.0. The summed E-state index contributed by atoms with van der Waals surface area (Å²) in [7, 11) is 0. The van der Waals surface area contributed by atoms with Gasteiger partial charge in [-0.1, -0.05) is 0 Å². The molecule has 0 saturated carbocycles. The van der Waals surface area contributed by atoms with Crippen LogP contribution in [0.1, 0.15) is 37.9 Å². The number of aromatic nitrogens is 2. The predicted molar refractivity (Wildman–Crippen MR) is 136 cm³/mol. The van der Waals surface area contributed by atoms with Gasteiger partial charge in [0.1, 0.15) is 11.9 Å². The molecule has 10 heteroatoms. The smallest absolute Gasteiger partial charge is 0.319 e. The normalized spacial score (nSPS) is 21.7. The number of fused-ring (bicyclic) bond motifs is 1. The lowest BCUT2D eigenvalue weighted by Gasteiger charge is -2.38. The number of carbonyl (C=O) groups excluding carboxylic acids is 2. The van der Waals surface area contributed by atoms with Gasteiger partial charge < -0.3 is 29.9 Å². The Morgan fingerprint density at radius 2 is 1.97 bits per heavy atom. The minimum Gasteiger partial charge on any atom is -0.377 e. The number of ether oxygens (including phenoxy) is 2. The molecule has 36 heavy (non-hydrogen) atoms. The average Bonchev–Trinajstić information content (AvgIpc) is 3.43. The number of nitrogens with one attached hydrogen (secondary N) is 2. The highest BCUT2D eigenvalue weighted by atomic mass is 16.5. The van der Waals surface area contributed by atoms with Gasteiger partial charge in [-0.15, -0.1) is 0 Å². The lowest BCUT2D eigenvalue weighted by atomic mass is 10.0. The van der Waals surface area contributed by atoms with Crippen LogP contribution in [0, 0.1) is 0 Å². The Morgan fingerprint density at radius 3 is 2.69 bits per heavy atom. The molecule has 5 rings (SSSR count). The van der Waals surface area contributed by atoms with E-state index in [1.807, 2.05) is 36.1 Å². The van der Waals surface area contributed by atoms with Crippen molar-refractivity contribution in [2.45, 2.75) is 51.8 Å². The third-order valence-electron chi connectivity index (χ3n) is 6.94. The fraction of sp³-hybridized carbons (Fsp3) is 0.538. The van der Waals surface area contributed by atoms with Crippen molar-refractivity contribution in [3.8, 4) is 11.4 Å². The van der Waals surface area contributed by atoms with Crippen molar-refractivity contribution in [2.24, 2.45) is 0 Å². The standard InChI is InChI=1S/C26H34N6O4/c1-3-27-26(34)28-19-8-6-18(7-9-19)23-29-21-15-31(25(33)22-5-4-13-36-22)11-10-20(21)24(30-23)32-12-14-35-16-17(32)2/h6-9,17,22H,3-5,10-16H2,1-2H3,(H2,27,28,34)/t17?,22-/m0/s1. The summed E-state index contributed by atoms with van der Waals surface area (Å²) in [4.78, 5) is 39.1. The van der Waals surface area contributed by atoms with Crippen LogP contribution < -0.4 is 15.5 Å². The monoisotopic (exact) mass is 494 g/mol. The van der Waals surface area contributed by atoms with E-state index >= 15 is 0 Å². The summed E-state index contributed by atoms with van der Waals surface area (Å²) in [5, 5.41) is 5.54. The fourth-order valence-corrected chi connectivity index (χ4v) is 5.02. The van der Waals surface area contributed by atoms with Gasteiger partial charge >= 0.3 is 6.03 Å². The maximum absolute atomic E-state index is 13.1. The molecule has 4 heterocycles. The van der Waals surface area contributed by atoms with Gasteiger partial charge in [-0.2, -0.15) is 0 Å². The molecule has 0 spiro atoms. The van der Waals surface area contributed by atoms with Crippen molar-refractivity contribution < 1.29 is 19.1 Å². The molecule has 10 nitrogen and oxygen atoms in total. The first-order valence-corrected chi connectivity index (χ1v) is 12.8. The van der Waals surface area contributed by atoms with Gasteiger partial charge in [0, 0.05) is 43.1 Å². The van der Waals surface area contributed by atoms with Gasteiger partial charge in [-0.3, -0.25) is 4.79 Å². The van der Waals surface area contributed by atoms with E-state index in [4.69, 9.17) is 19.4 Å². The molecule has 2 aromatic rings. The highest BCUT2D eigenvalue weighted by Gasteiger charge is 2.34. The third-order valence-corrected chi connectivity index (χ3v) is 6.94. The van der Waals surface area contributed by atoms with Crippen molar-refractivity contribution in [2.75, 3.05) is 49.7 Å². The molecule has 3 aliphatic rings. The Hall–Kier alpha value is -3.24. The Balaban J connectivity index is 1.46. The van der Waals surface area contributed by atoms with Crippen LogP contribution >= 0.6 is 0 Å². The Morgan fingerprint density at radius 1 is 1.14 bits per heavy atom. The molecular weight excluding hydrogens is 460 g/mol. The van der Waals surface area contributed by atoms with Crippen LogP contribution in [-0.4, -0.2) is 78.4 Å². The van der Waals surface area contributed by atoms with E-state index in [1.165, 1.54) is 0 Å². The molecule has 1 unspecified atom stereocenters. The highest BCUT2D eigenvalue weighted by Crippen LogP contribution is 2.32. The number of morpholine rings is 1. The van der Waals surface area contributed by atoms with Crippen LogP contribution in [-0.2, 0) is 27.2 Å². The SMILES string of the molecule is CCNC(=O)Nc1ccc(-c2nc3c(c(N4CCOCC4C)n2)CCN(C(=O)[C@@H]2CCCO2)C3)cc1. The number of urea groups is 1. The minimum atomic E-state index is -0.337. The molecule has 2 N–H and O–H groups in total. The van der Waals surface area contributed by atoms with Crippen molar-refractivity contribution in [1.29, 1.82) is 0 Å². The third kappa shape index (κ3) is 5.15. The molecule has 3 aliphatic heterocycles. The molecule has 3 amide bonds. The second kappa shape index (κ2) is 10.8. The molecule has 0 aliphatic carbocycles. The summed E-state index contributed by atoms with van der Waals surface area (Å²) in [6.07, 6.45) is 2.08. The van der Waals surface area contributed by atoms with E-state index in [-0.39, 0.29) is 24.1 Å². The van der Waals surface area contributed by atoms with Crippen molar-refractivity contribution >= 4 is 23.4 Å². The van der Waals surface area contributed by atoms with Crippen LogP contribution in [0.5, 0.6) is 0 Å². The lowest BCUT2D eigenvalue weighted by molar-refractivity contribution is -0.141. The second-order valence-electron chi connectivity index (χ2n) is 9.49. The van der Waals surface area contributed by atoms with E-state index in [0.717, 1.165) is 42.0 Å². The topological polar surface area (TPSA) is 109 Å². The van der Waals surface area contributed by atoms with E-state index in [1.54, 1.807) is 0 Å². The number of carbonyl (C=O) groups is 2. The Kier molecular flexibility index (Phi) is 7.33. The maximum atomic E-state index is 13.1. The van der Waals surface area contributed by atoms with Crippen LogP contribution in [0.4, 0.5) is 16.3 Å². The van der Waals surface area contributed by atoms with Gasteiger partial charge in [0.05, 0.1) is 31.5 Å². The van der Waals surface area contributed by atoms with Crippen molar-refractivity contribution in [1.82, 2.24) is 20.2 Å². The summed E-state index contributed by atoms with van der Waals surface area (Å²) in [6, 6.07) is 7.47. The number of hydrogen-bond donors (Lipinski definition) is 2. The number of amides is 3. The molecule has 2 fully saturated rings. The zero-order valence-electron chi connectivity index (χ0n) is 21.0. The van der Waals surface area contributed by atoms with Gasteiger partial charge in [-0.25, -0.2) is 14.8 Å². The first-order valence-electron chi connectivity index (χ1n) is 12.8. The van der Waals surface area contributed by atoms with E-state index in [2.05, 4.69) is 22.5 Å². The first kappa shape index (κ1) is 24.5. The largest absolute Gasteiger partial charge is 0.377 e. The van der Waals surface area contributed by atoms with E-state index in [0.29, 0.717) is 57.4 Å². The van der Waals surface area contributed by atoms with Crippen LogP contribution in [0.3, 0.4) is 0 Å². The second-order valence-corrected chi connectivity index (χ2v) is 9.49. The quantitative estimate of drug-likeness (QED) is 0.658. The van der Waals surface area contributed by atoms with E-state index in [9.17, 15) is 9.59 Å². The van der Waals surface area contributed by atoms with Crippen LogP contribution in [0.15, 0.2) is 24.3 Å². The summed E-state index contributed by atoms with van der Waals surface area (Å²) < 4.78 is 11.3. The first-order chi connectivity index (χ1) is 17.5. The van der Waals surface area contributed by atoms with Crippen LogP contribution in [0.2, 0.25) is 0 Å². The van der Waals surface area contributed by atoms with Crippen LogP contribution in [0.25, 0.3) is 11.4 Å². The molecule has 0 bridgehead atoms. The predicted octanol–water partition coefficient (Wildman–Crippen LogP) is 2.57. The number of nitrogens with zero attached hydrogens (tertiary/aromatic N) is 4. The Bertz CT molecular complexity index is 1100. The van der Waals surface area contributed by atoms with Gasteiger partial charge in [0.15, 0.2) is 5.82 Å².